The molecule has 0 N–H and O–H groups in total. The molecule has 0 spiro atoms. The maximum absolute atomic E-state index is 12.4. The van der Waals surface area contributed by atoms with Crippen LogP contribution < -0.4 is 10.0 Å². The van der Waals surface area contributed by atoms with E-state index in [9.17, 15) is 14.7 Å². The predicted molar refractivity (Wildman–Crippen MR) is 90.0 cm³/mol. The molecule has 128 valence electrons. The molecule has 2 rings (SSSR count). The smallest absolute Gasteiger partial charge is 0.243 e. The van der Waals surface area contributed by atoms with Crippen molar-refractivity contribution in [3.8, 4) is 0 Å². The zero-order valence-electron chi connectivity index (χ0n) is 13.9. The second kappa shape index (κ2) is 7.49. The molecule has 0 aliphatic carbocycles. The number of amides is 1. The number of aromatic carboxylic acids is 1. The Balaban J connectivity index is 2.55. The number of aromatic nitrogens is 2. The van der Waals surface area contributed by atoms with Crippen LogP contribution >= 0.6 is 11.6 Å². The van der Waals surface area contributed by atoms with Crippen LogP contribution in [0.25, 0.3) is 0 Å². The molecule has 1 heterocycles. The third-order valence-electron chi connectivity index (χ3n) is 3.72. The zero-order valence-corrected chi connectivity index (χ0v) is 14.6. The number of carboxylic acids is 1. The quantitative estimate of drug-likeness (QED) is 0.740. The lowest BCUT2D eigenvalue weighted by Gasteiger charge is -2.24. The van der Waals surface area contributed by atoms with Crippen molar-refractivity contribution in [1.29, 1.82) is 0 Å². The predicted octanol–water partition coefficient (Wildman–Crippen LogP) is 1.43. The van der Waals surface area contributed by atoms with Crippen LogP contribution in [-0.4, -0.2) is 27.5 Å². The fourth-order valence-electron chi connectivity index (χ4n) is 2.68. The highest BCUT2D eigenvalue weighted by Crippen LogP contribution is 2.26. The molecular weight excluding hydrogens is 330 g/mol. The molecule has 2 aromatic rings. The molecule has 0 aliphatic rings. The van der Waals surface area contributed by atoms with E-state index >= 15 is 0 Å². The van der Waals surface area contributed by atoms with Gasteiger partial charge in [-0.3, -0.25) is 14.4 Å². The van der Waals surface area contributed by atoms with Crippen molar-refractivity contribution in [1.82, 2.24) is 9.78 Å². The van der Waals surface area contributed by atoms with Crippen LogP contribution in [0.1, 0.15) is 34.1 Å². The molecule has 0 fully saturated rings. The molecule has 0 radical (unpaired) electrons. The van der Waals surface area contributed by atoms with Crippen molar-refractivity contribution in [3.63, 3.8) is 0 Å². The second-order valence-electron chi connectivity index (χ2n) is 5.51. The van der Waals surface area contributed by atoms with Crippen LogP contribution in [0.5, 0.6) is 0 Å². The molecule has 0 atom stereocenters. The number of carbonyl (C=O) groups is 2. The minimum atomic E-state index is -1.36. The van der Waals surface area contributed by atoms with Gasteiger partial charge in [-0.2, -0.15) is 5.10 Å². The van der Waals surface area contributed by atoms with Gasteiger partial charge in [-0.05, 0) is 18.9 Å². The summed E-state index contributed by atoms with van der Waals surface area (Å²) in [5.41, 5.74) is 2.23. The first-order valence-electron chi connectivity index (χ1n) is 7.58. The zero-order chi connectivity index (χ0) is 17.9. The van der Waals surface area contributed by atoms with Gasteiger partial charge in [0.15, 0.2) is 0 Å². The lowest BCUT2D eigenvalue weighted by molar-refractivity contribution is -0.255. The van der Waals surface area contributed by atoms with Gasteiger partial charge >= 0.3 is 0 Å². The Labute approximate surface area is 145 Å². The molecule has 0 saturated carbocycles. The van der Waals surface area contributed by atoms with Gasteiger partial charge in [0.05, 0.1) is 23.8 Å². The minimum Gasteiger partial charge on any atom is -0.545 e. The van der Waals surface area contributed by atoms with Gasteiger partial charge in [-0.25, -0.2) is 0 Å². The second-order valence-corrected chi connectivity index (χ2v) is 5.78. The van der Waals surface area contributed by atoms with Crippen LogP contribution in [0.4, 0.5) is 5.82 Å². The summed E-state index contributed by atoms with van der Waals surface area (Å²) in [6.45, 7) is 3.95. The van der Waals surface area contributed by atoms with Crippen molar-refractivity contribution in [2.75, 3.05) is 10.8 Å². The van der Waals surface area contributed by atoms with Gasteiger partial charge in [0.25, 0.3) is 0 Å². The number of aryl methyl sites for hydroxylation is 3. The molecule has 0 aliphatic heterocycles. The summed E-state index contributed by atoms with van der Waals surface area (Å²) in [6.07, 6.45) is 0.421. The van der Waals surface area contributed by atoms with Gasteiger partial charge in [0.1, 0.15) is 11.7 Å². The molecule has 0 saturated heterocycles. The highest BCUT2D eigenvalue weighted by atomic mass is 35.5. The fourth-order valence-corrected chi connectivity index (χ4v) is 2.83. The van der Waals surface area contributed by atoms with Crippen LogP contribution in [0.2, 0.25) is 0 Å². The number of carboxylic acid groups (broad SMARTS) is 1. The lowest BCUT2D eigenvalue weighted by atomic mass is 10.1. The number of hydrogen-bond acceptors (Lipinski definition) is 4. The topological polar surface area (TPSA) is 78.3 Å². The van der Waals surface area contributed by atoms with E-state index in [2.05, 4.69) is 5.10 Å². The SMILES string of the molecule is CCc1nn(C)c(N(Cc2cccc(C)c2)C(=O)CCl)c1C(=O)[O-]. The molecular formula is C17H19ClN3O3-. The van der Waals surface area contributed by atoms with E-state index in [4.69, 9.17) is 11.6 Å². The van der Waals surface area contributed by atoms with Gasteiger partial charge < -0.3 is 9.90 Å². The van der Waals surface area contributed by atoms with Crippen LogP contribution in [-0.2, 0) is 24.8 Å². The monoisotopic (exact) mass is 348 g/mol. The normalized spacial score (nSPS) is 10.7. The van der Waals surface area contributed by atoms with Gasteiger partial charge in [-0.1, -0.05) is 36.8 Å². The van der Waals surface area contributed by atoms with Crippen molar-refractivity contribution in [3.05, 3.63) is 46.6 Å². The summed E-state index contributed by atoms with van der Waals surface area (Å²) in [6, 6.07) is 7.64. The van der Waals surface area contributed by atoms with Gasteiger partial charge in [-0.15, -0.1) is 11.6 Å². The van der Waals surface area contributed by atoms with Crippen LogP contribution in [0, 0.1) is 6.92 Å². The fraction of sp³-hybridized carbons (Fsp3) is 0.353. The molecule has 7 heteroatoms. The number of benzene rings is 1. The molecule has 1 amide bonds. The summed E-state index contributed by atoms with van der Waals surface area (Å²) in [5.74, 6) is -1.82. The number of halogens is 1. The van der Waals surface area contributed by atoms with Crippen molar-refractivity contribution in [2.45, 2.75) is 26.8 Å². The molecule has 0 bridgehead atoms. The van der Waals surface area contributed by atoms with Crippen molar-refractivity contribution >= 4 is 29.3 Å². The Hall–Kier alpha value is -2.34. The minimum absolute atomic E-state index is 0.0638. The number of hydrogen-bond donors (Lipinski definition) is 0. The maximum Gasteiger partial charge on any atom is 0.243 e. The molecule has 24 heavy (non-hydrogen) atoms. The Kier molecular flexibility index (Phi) is 5.62. The summed E-state index contributed by atoms with van der Waals surface area (Å²) in [4.78, 5) is 25.3. The number of carbonyl (C=O) groups excluding carboxylic acids is 2. The number of alkyl halides is 1. The van der Waals surface area contributed by atoms with E-state index < -0.39 is 11.9 Å². The number of nitrogens with zero attached hydrogens (tertiary/aromatic N) is 3. The van der Waals surface area contributed by atoms with Crippen molar-refractivity contribution < 1.29 is 14.7 Å². The molecule has 1 aromatic heterocycles. The average molecular weight is 349 g/mol. The summed E-state index contributed by atoms with van der Waals surface area (Å²) in [7, 11) is 1.60. The van der Waals surface area contributed by atoms with E-state index in [0.29, 0.717) is 12.1 Å². The van der Waals surface area contributed by atoms with Crippen LogP contribution in [0.15, 0.2) is 24.3 Å². The third kappa shape index (κ3) is 3.59. The average Bonchev–Trinajstić information content (AvgIpc) is 2.88. The summed E-state index contributed by atoms with van der Waals surface area (Å²) >= 11 is 5.74. The Bertz CT molecular complexity index is 770. The highest BCUT2D eigenvalue weighted by molar-refractivity contribution is 6.29. The van der Waals surface area contributed by atoms with E-state index in [1.165, 1.54) is 9.58 Å². The van der Waals surface area contributed by atoms with Gasteiger partial charge in [0.2, 0.25) is 5.91 Å². The number of anilines is 1. The first-order chi connectivity index (χ1) is 11.4. The molecule has 1 aromatic carbocycles. The van der Waals surface area contributed by atoms with E-state index in [-0.39, 0.29) is 23.8 Å². The first-order valence-corrected chi connectivity index (χ1v) is 8.11. The lowest BCUT2D eigenvalue weighted by Crippen LogP contribution is -2.35. The molecule has 0 unspecified atom stereocenters. The summed E-state index contributed by atoms with van der Waals surface area (Å²) in [5, 5.41) is 15.8. The summed E-state index contributed by atoms with van der Waals surface area (Å²) < 4.78 is 1.39. The highest BCUT2D eigenvalue weighted by Gasteiger charge is 2.25. The van der Waals surface area contributed by atoms with Crippen LogP contribution in [0.3, 0.4) is 0 Å². The van der Waals surface area contributed by atoms with E-state index in [0.717, 1.165) is 11.1 Å². The maximum atomic E-state index is 12.4. The Morgan fingerprint density at radius 1 is 1.38 bits per heavy atom. The van der Waals surface area contributed by atoms with E-state index in [1.807, 2.05) is 31.2 Å². The Morgan fingerprint density at radius 2 is 2.08 bits per heavy atom. The number of rotatable bonds is 6. The van der Waals surface area contributed by atoms with E-state index in [1.54, 1.807) is 14.0 Å². The Morgan fingerprint density at radius 3 is 2.62 bits per heavy atom. The molecule has 6 nitrogen and oxygen atoms in total. The first kappa shape index (κ1) is 18.0. The van der Waals surface area contributed by atoms with Crippen molar-refractivity contribution in [2.24, 2.45) is 7.05 Å². The third-order valence-corrected chi connectivity index (χ3v) is 3.95. The van der Waals surface area contributed by atoms with Gasteiger partial charge in [0, 0.05) is 7.05 Å². The largest absolute Gasteiger partial charge is 0.545 e. The standard InChI is InChI=1S/C17H20ClN3O3/c1-4-13-15(17(23)24)16(20(3)19-13)21(14(22)9-18)10-12-7-5-6-11(2)8-12/h5-8H,4,9-10H2,1-3H3,(H,23,24)/p-1.